The van der Waals surface area contributed by atoms with Crippen molar-refractivity contribution in [1.82, 2.24) is 5.01 Å². The molecule has 0 fully saturated rings. The van der Waals surface area contributed by atoms with Crippen molar-refractivity contribution in [3.8, 4) is 0 Å². The molecule has 0 spiro atoms. The van der Waals surface area contributed by atoms with E-state index in [1.54, 1.807) is 0 Å². The second-order valence-corrected chi connectivity index (χ2v) is 1.04. The van der Waals surface area contributed by atoms with E-state index in [0.29, 0.717) is 5.01 Å². The predicted molar refractivity (Wildman–Crippen MR) is 21.8 cm³/mol. The van der Waals surface area contributed by atoms with Crippen LogP contribution in [-0.2, 0) is 0 Å². The predicted octanol–water partition coefficient (Wildman–Crippen LogP) is -0.940. The first kappa shape index (κ1) is 6.16. The summed E-state index contributed by atoms with van der Waals surface area (Å²) >= 11 is 0. The fourth-order valence-electron chi connectivity index (χ4n) is 0.0516. The first-order chi connectivity index (χ1) is 3.18. The maximum atomic E-state index is 9.50. The van der Waals surface area contributed by atoms with Crippen LogP contribution in [0.15, 0.2) is 0 Å². The van der Waals surface area contributed by atoms with Crippen molar-refractivity contribution in [2.45, 2.75) is 0 Å². The van der Waals surface area contributed by atoms with E-state index in [9.17, 15) is 10.1 Å². The molecule has 0 heterocycles. The van der Waals surface area contributed by atoms with Crippen molar-refractivity contribution >= 4 is 0 Å². The van der Waals surface area contributed by atoms with Crippen LogP contribution in [0.25, 0.3) is 0 Å². The molecule has 0 rings (SSSR count). The van der Waals surface area contributed by atoms with Crippen molar-refractivity contribution < 1.29 is 10.1 Å². The van der Waals surface area contributed by atoms with Crippen LogP contribution >= 0.6 is 0 Å². The fraction of sp³-hybridized carbons (Fsp3) is 1.00. The summed E-state index contributed by atoms with van der Waals surface area (Å²) in [4.78, 5) is 9.50. The SMILES string of the molecule is CN(CO)[N+](=O)[O-]. The zero-order valence-electron chi connectivity index (χ0n) is 3.87. The monoisotopic (exact) mass is 106 g/mol. The number of aliphatic hydroxyl groups is 1. The van der Waals surface area contributed by atoms with Gasteiger partial charge in [0.2, 0.25) is 0 Å². The van der Waals surface area contributed by atoms with Crippen LogP contribution in [0.2, 0.25) is 0 Å². The molecule has 5 nitrogen and oxygen atoms in total. The summed E-state index contributed by atoms with van der Waals surface area (Å²) in [5.41, 5.74) is 0. The van der Waals surface area contributed by atoms with Crippen LogP contribution in [0.1, 0.15) is 0 Å². The molecule has 0 aliphatic carbocycles. The van der Waals surface area contributed by atoms with Crippen molar-refractivity contribution in [3.05, 3.63) is 10.1 Å². The highest BCUT2D eigenvalue weighted by atomic mass is 16.7. The molecular formula is C2H6N2O3. The Bertz CT molecular complexity index is 73.3. The lowest BCUT2D eigenvalue weighted by Gasteiger charge is -2.00. The number of hydrogen-bond donors (Lipinski definition) is 1. The summed E-state index contributed by atoms with van der Waals surface area (Å²) in [6.45, 7) is -0.549. The van der Waals surface area contributed by atoms with E-state index >= 15 is 0 Å². The Morgan fingerprint density at radius 1 is 2.00 bits per heavy atom. The average molecular weight is 106 g/mol. The van der Waals surface area contributed by atoms with Crippen LogP contribution < -0.4 is 0 Å². The van der Waals surface area contributed by atoms with Crippen LogP contribution in [-0.4, -0.2) is 28.9 Å². The van der Waals surface area contributed by atoms with Gasteiger partial charge in [0.05, 0.1) is 7.05 Å². The molecule has 5 heteroatoms. The Morgan fingerprint density at radius 3 is 2.43 bits per heavy atom. The summed E-state index contributed by atoms with van der Waals surface area (Å²) in [5.74, 6) is 0. The van der Waals surface area contributed by atoms with E-state index in [1.165, 1.54) is 7.05 Å². The van der Waals surface area contributed by atoms with Crippen LogP contribution in [0.5, 0.6) is 0 Å². The smallest absolute Gasteiger partial charge is 0.173 e. The summed E-state index contributed by atoms with van der Waals surface area (Å²) in [6.07, 6.45) is 0. The lowest BCUT2D eigenvalue weighted by Crippen LogP contribution is -2.25. The molecule has 7 heavy (non-hydrogen) atoms. The minimum absolute atomic E-state index is 0.549. The third-order valence-corrected chi connectivity index (χ3v) is 0.483. The van der Waals surface area contributed by atoms with Gasteiger partial charge < -0.3 is 5.11 Å². The zero-order valence-corrected chi connectivity index (χ0v) is 3.87. The normalized spacial score (nSPS) is 8.29. The Kier molecular flexibility index (Phi) is 2.07. The molecule has 0 amide bonds. The summed E-state index contributed by atoms with van der Waals surface area (Å²) in [7, 11) is 1.18. The third kappa shape index (κ3) is 1.94. The van der Waals surface area contributed by atoms with E-state index in [0.717, 1.165) is 0 Å². The molecule has 0 aromatic carbocycles. The van der Waals surface area contributed by atoms with Gasteiger partial charge in [0.1, 0.15) is 0 Å². The molecule has 0 aliphatic heterocycles. The second-order valence-electron chi connectivity index (χ2n) is 1.04. The molecule has 0 saturated heterocycles. The molecule has 0 aliphatic rings. The highest BCUT2D eigenvalue weighted by Crippen LogP contribution is 1.74. The molecule has 0 saturated carbocycles. The third-order valence-electron chi connectivity index (χ3n) is 0.483. The molecule has 42 valence electrons. The van der Waals surface area contributed by atoms with E-state index in [1.807, 2.05) is 0 Å². The minimum atomic E-state index is -0.694. The van der Waals surface area contributed by atoms with Crippen LogP contribution in [0, 0.1) is 10.1 Å². The summed E-state index contributed by atoms with van der Waals surface area (Å²) < 4.78 is 0. The standard InChI is InChI=1S/C2H6N2O3/c1-3(2-5)4(6)7/h5H,2H2,1H3. The van der Waals surface area contributed by atoms with Gasteiger partial charge in [-0.05, 0) is 0 Å². The number of nitrogens with zero attached hydrogens (tertiary/aromatic N) is 2. The van der Waals surface area contributed by atoms with Gasteiger partial charge in [-0.3, -0.25) is 0 Å². The van der Waals surface area contributed by atoms with Crippen LogP contribution in [0.4, 0.5) is 0 Å². The van der Waals surface area contributed by atoms with Crippen LogP contribution in [0.3, 0.4) is 0 Å². The first-order valence-electron chi connectivity index (χ1n) is 1.64. The molecule has 0 aromatic heterocycles. The van der Waals surface area contributed by atoms with Crippen molar-refractivity contribution in [2.24, 2.45) is 0 Å². The van der Waals surface area contributed by atoms with E-state index in [-0.39, 0.29) is 0 Å². The minimum Gasteiger partial charge on any atom is -0.371 e. The van der Waals surface area contributed by atoms with E-state index < -0.39 is 11.8 Å². The van der Waals surface area contributed by atoms with Gasteiger partial charge in [0, 0.05) is 0 Å². The quantitative estimate of drug-likeness (QED) is 0.280. The molecule has 0 atom stereocenters. The maximum Gasteiger partial charge on any atom is 0.173 e. The van der Waals surface area contributed by atoms with Crippen molar-refractivity contribution in [1.29, 1.82) is 0 Å². The highest BCUT2D eigenvalue weighted by Gasteiger charge is 2.00. The Morgan fingerprint density at radius 2 is 2.43 bits per heavy atom. The van der Waals surface area contributed by atoms with Gasteiger partial charge in [-0.15, -0.1) is 5.01 Å². The highest BCUT2D eigenvalue weighted by molar-refractivity contribution is 4.10. The molecular weight excluding hydrogens is 100 g/mol. The maximum absolute atomic E-state index is 9.50. The van der Waals surface area contributed by atoms with Gasteiger partial charge in [0.15, 0.2) is 11.8 Å². The van der Waals surface area contributed by atoms with E-state index in [4.69, 9.17) is 5.11 Å². The van der Waals surface area contributed by atoms with Gasteiger partial charge in [0.25, 0.3) is 0 Å². The molecule has 0 radical (unpaired) electrons. The molecule has 0 aromatic rings. The second kappa shape index (κ2) is 2.35. The van der Waals surface area contributed by atoms with Gasteiger partial charge in [-0.1, -0.05) is 0 Å². The largest absolute Gasteiger partial charge is 0.371 e. The average Bonchev–Trinajstić information content (AvgIpc) is 1.65. The first-order valence-corrected chi connectivity index (χ1v) is 1.64. The fourth-order valence-corrected chi connectivity index (χ4v) is 0.0516. The number of aliphatic hydroxyl groups excluding tert-OH is 1. The summed E-state index contributed by atoms with van der Waals surface area (Å²) in [5, 5.41) is 17.4. The van der Waals surface area contributed by atoms with E-state index in [2.05, 4.69) is 0 Å². The zero-order chi connectivity index (χ0) is 5.86. The van der Waals surface area contributed by atoms with Crippen molar-refractivity contribution in [2.75, 3.05) is 13.8 Å². The van der Waals surface area contributed by atoms with Crippen molar-refractivity contribution in [3.63, 3.8) is 0 Å². The number of hydrazine groups is 1. The number of rotatable bonds is 2. The summed E-state index contributed by atoms with van der Waals surface area (Å²) in [6, 6.07) is 0. The topological polar surface area (TPSA) is 66.6 Å². The number of nitro groups is 1. The lowest BCUT2D eigenvalue weighted by molar-refractivity contribution is -0.656. The lowest BCUT2D eigenvalue weighted by atomic mass is 11.1. The van der Waals surface area contributed by atoms with Gasteiger partial charge in [-0.2, -0.15) is 0 Å². The van der Waals surface area contributed by atoms with Gasteiger partial charge >= 0.3 is 0 Å². The Hall–Kier alpha value is -0.840. The van der Waals surface area contributed by atoms with Gasteiger partial charge in [-0.25, -0.2) is 10.1 Å². The molecule has 0 bridgehead atoms. The Balaban J connectivity index is 3.34. The number of hydrogen-bond acceptors (Lipinski definition) is 3. The Labute approximate surface area is 40.3 Å². The molecule has 0 unspecified atom stereocenters. The molecule has 1 N–H and O–H groups in total.